The first-order valence-corrected chi connectivity index (χ1v) is 6.17. The molecule has 1 aliphatic rings. The highest BCUT2D eigenvalue weighted by Gasteiger charge is 2.22. The van der Waals surface area contributed by atoms with Crippen LogP contribution in [0.4, 0.5) is 0 Å². The van der Waals surface area contributed by atoms with E-state index in [0.29, 0.717) is 5.92 Å². The number of hydrogen-bond donors (Lipinski definition) is 2. The Bertz CT molecular complexity index is 324. The van der Waals surface area contributed by atoms with Gasteiger partial charge in [-0.3, -0.25) is 0 Å². The number of rotatable bonds is 5. The summed E-state index contributed by atoms with van der Waals surface area (Å²) in [7, 11) is 0. The van der Waals surface area contributed by atoms with Crippen LogP contribution in [0.1, 0.15) is 31.9 Å². The van der Waals surface area contributed by atoms with Crippen LogP contribution >= 0.6 is 0 Å². The fraction of sp³-hybridized carbons (Fsp3) is 0.750. The van der Waals surface area contributed by atoms with Gasteiger partial charge in [0.05, 0.1) is 18.1 Å². The summed E-state index contributed by atoms with van der Waals surface area (Å²) in [5, 5.41) is 12.9. The second kappa shape index (κ2) is 5.46. The van der Waals surface area contributed by atoms with Crippen LogP contribution < -0.4 is 5.32 Å². The van der Waals surface area contributed by atoms with Crippen LogP contribution in [0.5, 0.6) is 0 Å². The molecule has 2 N–H and O–H groups in total. The predicted octanol–water partition coefficient (Wildman–Crippen LogP) is 1.15. The van der Waals surface area contributed by atoms with Crippen molar-refractivity contribution < 1.29 is 5.11 Å². The largest absolute Gasteiger partial charge is 0.393 e. The van der Waals surface area contributed by atoms with Crippen LogP contribution in [0.15, 0.2) is 12.5 Å². The maximum atomic E-state index is 9.42. The zero-order valence-corrected chi connectivity index (χ0v) is 9.89. The van der Waals surface area contributed by atoms with Gasteiger partial charge >= 0.3 is 0 Å². The Balaban J connectivity index is 1.72. The summed E-state index contributed by atoms with van der Waals surface area (Å²) >= 11 is 0. The molecule has 90 valence electrons. The fourth-order valence-corrected chi connectivity index (χ4v) is 2.42. The van der Waals surface area contributed by atoms with Crippen molar-refractivity contribution in [1.29, 1.82) is 0 Å². The number of aryl methyl sites for hydroxylation is 1. The Morgan fingerprint density at radius 2 is 2.44 bits per heavy atom. The molecule has 2 atom stereocenters. The third-order valence-corrected chi connectivity index (χ3v) is 3.39. The van der Waals surface area contributed by atoms with Gasteiger partial charge in [0.2, 0.25) is 0 Å². The van der Waals surface area contributed by atoms with Gasteiger partial charge in [-0.1, -0.05) is 0 Å². The van der Waals surface area contributed by atoms with Crippen molar-refractivity contribution in [2.75, 3.05) is 6.54 Å². The topological polar surface area (TPSA) is 50.1 Å². The molecule has 4 nitrogen and oxygen atoms in total. The molecule has 0 aromatic carbocycles. The van der Waals surface area contributed by atoms with E-state index in [4.69, 9.17) is 0 Å². The molecule has 1 fully saturated rings. The molecule has 1 saturated carbocycles. The van der Waals surface area contributed by atoms with Crippen molar-refractivity contribution in [3.8, 4) is 0 Å². The summed E-state index contributed by atoms with van der Waals surface area (Å²) in [6.07, 6.45) is 6.81. The molecule has 16 heavy (non-hydrogen) atoms. The lowest BCUT2D eigenvalue weighted by Crippen LogP contribution is -2.22. The molecule has 0 amide bonds. The summed E-state index contributed by atoms with van der Waals surface area (Å²) in [4.78, 5) is 4.14. The summed E-state index contributed by atoms with van der Waals surface area (Å²) in [6, 6.07) is 0. The number of aliphatic hydroxyl groups excluding tert-OH is 1. The highest BCUT2D eigenvalue weighted by Crippen LogP contribution is 2.24. The first kappa shape index (κ1) is 11.6. The lowest BCUT2D eigenvalue weighted by molar-refractivity contribution is 0.177. The lowest BCUT2D eigenvalue weighted by atomic mass is 10.1. The molecule has 0 bridgehead atoms. The first-order valence-electron chi connectivity index (χ1n) is 6.17. The number of nitrogens with one attached hydrogen (secondary N) is 1. The minimum atomic E-state index is -0.0621. The number of aromatic nitrogens is 2. The van der Waals surface area contributed by atoms with E-state index in [1.807, 2.05) is 12.5 Å². The molecular formula is C12H21N3O. The average molecular weight is 223 g/mol. The second-order valence-corrected chi connectivity index (χ2v) is 4.63. The molecule has 4 heteroatoms. The quantitative estimate of drug-likeness (QED) is 0.787. The van der Waals surface area contributed by atoms with Gasteiger partial charge in [-0.25, -0.2) is 4.98 Å². The molecule has 0 aliphatic heterocycles. The minimum Gasteiger partial charge on any atom is -0.393 e. The van der Waals surface area contributed by atoms with E-state index in [1.54, 1.807) is 0 Å². The zero-order valence-electron chi connectivity index (χ0n) is 9.89. The van der Waals surface area contributed by atoms with Gasteiger partial charge in [-0.05, 0) is 38.6 Å². The Morgan fingerprint density at radius 3 is 3.12 bits per heavy atom. The Hall–Kier alpha value is -0.870. The average Bonchev–Trinajstić information content (AvgIpc) is 2.87. The van der Waals surface area contributed by atoms with Gasteiger partial charge < -0.3 is 15.0 Å². The van der Waals surface area contributed by atoms with E-state index in [9.17, 15) is 5.11 Å². The number of imidazole rings is 1. The molecule has 0 spiro atoms. The highest BCUT2D eigenvalue weighted by molar-refractivity contribution is 4.97. The number of nitrogens with zero attached hydrogens (tertiary/aromatic N) is 2. The lowest BCUT2D eigenvalue weighted by Gasteiger charge is -2.11. The number of hydrogen-bond acceptors (Lipinski definition) is 3. The zero-order chi connectivity index (χ0) is 11.4. The van der Waals surface area contributed by atoms with Gasteiger partial charge in [-0.15, -0.1) is 0 Å². The van der Waals surface area contributed by atoms with Crippen molar-refractivity contribution in [3.63, 3.8) is 0 Å². The highest BCUT2D eigenvalue weighted by atomic mass is 16.3. The molecule has 1 aliphatic carbocycles. The fourth-order valence-electron chi connectivity index (χ4n) is 2.42. The van der Waals surface area contributed by atoms with Crippen molar-refractivity contribution in [3.05, 3.63) is 18.2 Å². The van der Waals surface area contributed by atoms with Crippen LogP contribution in [0.25, 0.3) is 0 Å². The van der Waals surface area contributed by atoms with Gasteiger partial charge in [-0.2, -0.15) is 0 Å². The Kier molecular flexibility index (Phi) is 3.96. The normalized spacial score (nSPS) is 25.1. The van der Waals surface area contributed by atoms with E-state index >= 15 is 0 Å². The van der Waals surface area contributed by atoms with E-state index in [-0.39, 0.29) is 6.10 Å². The van der Waals surface area contributed by atoms with E-state index in [1.165, 1.54) is 5.69 Å². The van der Waals surface area contributed by atoms with Gasteiger partial charge in [0.25, 0.3) is 0 Å². The predicted molar refractivity (Wildman–Crippen MR) is 63.0 cm³/mol. The van der Waals surface area contributed by atoms with Crippen LogP contribution in [0, 0.1) is 5.92 Å². The third-order valence-electron chi connectivity index (χ3n) is 3.39. The van der Waals surface area contributed by atoms with Crippen LogP contribution in [-0.4, -0.2) is 27.3 Å². The third kappa shape index (κ3) is 2.83. The molecule has 2 rings (SSSR count). The van der Waals surface area contributed by atoms with Gasteiger partial charge in [0, 0.05) is 19.3 Å². The van der Waals surface area contributed by atoms with Crippen LogP contribution in [0.3, 0.4) is 0 Å². The molecule has 1 aromatic heterocycles. The summed E-state index contributed by atoms with van der Waals surface area (Å²) < 4.78 is 2.15. The molecule has 0 radical (unpaired) electrons. The van der Waals surface area contributed by atoms with Crippen LogP contribution in [-0.2, 0) is 13.1 Å². The van der Waals surface area contributed by atoms with Crippen molar-refractivity contribution >= 4 is 0 Å². The van der Waals surface area contributed by atoms with E-state index in [2.05, 4.69) is 21.8 Å². The SMILES string of the molecule is CCn1cncc1CNCC1CCC(O)C1. The molecule has 1 heterocycles. The van der Waals surface area contributed by atoms with Crippen molar-refractivity contribution in [2.24, 2.45) is 5.92 Å². The second-order valence-electron chi connectivity index (χ2n) is 4.63. The summed E-state index contributed by atoms with van der Waals surface area (Å²) in [5.41, 5.74) is 1.24. The molecule has 0 saturated heterocycles. The monoisotopic (exact) mass is 223 g/mol. The molecular weight excluding hydrogens is 202 g/mol. The van der Waals surface area contributed by atoms with Gasteiger partial charge in [0.1, 0.15) is 0 Å². The Labute approximate surface area is 96.7 Å². The first-order chi connectivity index (χ1) is 7.79. The smallest absolute Gasteiger partial charge is 0.0948 e. The van der Waals surface area contributed by atoms with E-state index in [0.717, 1.165) is 38.9 Å². The minimum absolute atomic E-state index is 0.0621. The molecule has 1 aromatic rings. The standard InChI is InChI=1S/C12H21N3O/c1-2-15-9-14-8-11(15)7-13-6-10-3-4-12(16)5-10/h8-10,12-13,16H,2-7H2,1H3. The van der Waals surface area contributed by atoms with Crippen molar-refractivity contribution in [2.45, 2.75) is 45.4 Å². The molecule has 2 unspecified atom stereocenters. The number of aliphatic hydroxyl groups is 1. The Morgan fingerprint density at radius 1 is 1.56 bits per heavy atom. The summed E-state index contributed by atoms with van der Waals surface area (Å²) in [5.74, 6) is 0.646. The van der Waals surface area contributed by atoms with Crippen molar-refractivity contribution in [1.82, 2.24) is 14.9 Å². The maximum Gasteiger partial charge on any atom is 0.0948 e. The van der Waals surface area contributed by atoms with E-state index < -0.39 is 0 Å². The summed E-state index contributed by atoms with van der Waals surface area (Å²) in [6.45, 7) is 4.98. The van der Waals surface area contributed by atoms with Gasteiger partial charge in [0.15, 0.2) is 0 Å². The maximum absolute atomic E-state index is 9.42. The van der Waals surface area contributed by atoms with Crippen LogP contribution in [0.2, 0.25) is 0 Å².